The van der Waals surface area contributed by atoms with Crippen molar-refractivity contribution in [1.29, 1.82) is 0 Å². The Hall–Kier alpha value is -1.69. The lowest BCUT2D eigenvalue weighted by atomic mass is 10.1. The first kappa shape index (κ1) is 19.6. The highest BCUT2D eigenvalue weighted by Crippen LogP contribution is 2.17. The first-order chi connectivity index (χ1) is 12.1. The van der Waals surface area contributed by atoms with Crippen LogP contribution in [0.3, 0.4) is 0 Å². The van der Waals surface area contributed by atoms with E-state index in [9.17, 15) is 8.78 Å². The van der Waals surface area contributed by atoms with E-state index in [-0.39, 0.29) is 0 Å². The van der Waals surface area contributed by atoms with Gasteiger partial charge in [0.1, 0.15) is 11.6 Å². The van der Waals surface area contributed by atoms with Gasteiger partial charge in [-0.05, 0) is 43.5 Å². The van der Waals surface area contributed by atoms with Crippen LogP contribution < -0.4 is 5.32 Å². The van der Waals surface area contributed by atoms with Crippen LogP contribution in [-0.2, 0) is 6.42 Å². The summed E-state index contributed by atoms with van der Waals surface area (Å²) in [6.45, 7) is 10.3. The fourth-order valence-electron chi connectivity index (χ4n) is 3.39. The molecule has 1 aromatic carbocycles. The average molecular weight is 352 g/mol. The Bertz CT molecular complexity index is 573. The van der Waals surface area contributed by atoms with Crippen LogP contribution in [0.1, 0.15) is 25.8 Å². The number of hydrogen-bond donors (Lipinski definition) is 1. The van der Waals surface area contributed by atoms with E-state index in [4.69, 9.17) is 0 Å². The van der Waals surface area contributed by atoms with Crippen molar-refractivity contribution < 1.29 is 8.78 Å². The highest BCUT2D eigenvalue weighted by atomic mass is 19.1. The van der Waals surface area contributed by atoms with E-state index in [1.165, 1.54) is 18.6 Å². The number of guanidine groups is 1. The third-order valence-corrected chi connectivity index (χ3v) is 4.90. The summed E-state index contributed by atoms with van der Waals surface area (Å²) in [7, 11) is 1.78. The molecule has 0 amide bonds. The van der Waals surface area contributed by atoms with Gasteiger partial charge in [0, 0.05) is 39.3 Å². The fraction of sp³-hybridized carbons (Fsp3) is 0.632. The van der Waals surface area contributed by atoms with E-state index in [2.05, 4.69) is 34.0 Å². The zero-order valence-electron chi connectivity index (χ0n) is 15.6. The molecule has 0 aromatic heterocycles. The summed E-state index contributed by atoms with van der Waals surface area (Å²) >= 11 is 0. The van der Waals surface area contributed by atoms with Gasteiger partial charge >= 0.3 is 0 Å². The van der Waals surface area contributed by atoms with Crippen molar-refractivity contribution in [2.45, 2.75) is 26.7 Å². The van der Waals surface area contributed by atoms with E-state index >= 15 is 0 Å². The molecule has 1 atom stereocenters. The van der Waals surface area contributed by atoms with Gasteiger partial charge in [-0.1, -0.05) is 19.9 Å². The molecule has 0 radical (unpaired) electrons. The van der Waals surface area contributed by atoms with Gasteiger partial charge in [-0.25, -0.2) is 8.78 Å². The van der Waals surface area contributed by atoms with Crippen LogP contribution in [0.25, 0.3) is 0 Å². The third-order valence-electron chi connectivity index (χ3n) is 4.90. The molecule has 0 aliphatic carbocycles. The maximum Gasteiger partial charge on any atom is 0.193 e. The molecule has 1 aromatic rings. The number of halogens is 2. The van der Waals surface area contributed by atoms with Crippen LogP contribution >= 0.6 is 0 Å². The maximum absolute atomic E-state index is 13.7. The molecule has 1 aliphatic rings. The Kier molecular flexibility index (Phi) is 7.62. The Morgan fingerprint density at radius 3 is 2.72 bits per heavy atom. The van der Waals surface area contributed by atoms with Crippen molar-refractivity contribution >= 4 is 5.96 Å². The molecule has 1 fully saturated rings. The molecular weight excluding hydrogens is 322 g/mol. The van der Waals surface area contributed by atoms with Crippen LogP contribution in [0.4, 0.5) is 8.78 Å². The van der Waals surface area contributed by atoms with E-state index in [0.29, 0.717) is 24.4 Å². The summed E-state index contributed by atoms with van der Waals surface area (Å²) in [6, 6.07) is 3.74. The van der Waals surface area contributed by atoms with E-state index in [0.717, 1.165) is 44.7 Å². The molecule has 1 unspecified atom stereocenters. The van der Waals surface area contributed by atoms with Crippen molar-refractivity contribution in [1.82, 2.24) is 15.1 Å². The number of likely N-dealkylation sites (tertiary alicyclic amines) is 1. The molecule has 2 rings (SSSR count). The largest absolute Gasteiger partial charge is 0.356 e. The van der Waals surface area contributed by atoms with Gasteiger partial charge in [0.25, 0.3) is 0 Å². The summed E-state index contributed by atoms with van der Waals surface area (Å²) < 4.78 is 26.6. The van der Waals surface area contributed by atoms with Crippen LogP contribution in [0.2, 0.25) is 0 Å². The lowest BCUT2D eigenvalue weighted by Gasteiger charge is -2.24. The molecule has 4 nitrogen and oxygen atoms in total. The van der Waals surface area contributed by atoms with Crippen molar-refractivity contribution in [3.63, 3.8) is 0 Å². The summed E-state index contributed by atoms with van der Waals surface area (Å²) in [6.07, 6.45) is 1.67. The monoisotopic (exact) mass is 352 g/mol. The summed E-state index contributed by atoms with van der Waals surface area (Å²) in [5.74, 6) is 0.496. The molecule has 1 N–H and O–H groups in total. The van der Waals surface area contributed by atoms with Gasteiger partial charge in [-0.15, -0.1) is 0 Å². The Labute approximate surface area is 149 Å². The van der Waals surface area contributed by atoms with Gasteiger partial charge in [0.05, 0.1) is 0 Å². The Morgan fingerprint density at radius 2 is 2.08 bits per heavy atom. The predicted octanol–water partition coefficient (Wildman–Crippen LogP) is 2.75. The van der Waals surface area contributed by atoms with Crippen molar-refractivity contribution in [3.05, 3.63) is 35.4 Å². The molecule has 0 bridgehead atoms. The van der Waals surface area contributed by atoms with Gasteiger partial charge in [-0.2, -0.15) is 0 Å². The molecule has 25 heavy (non-hydrogen) atoms. The lowest BCUT2D eigenvalue weighted by molar-refractivity contribution is 0.255. The SMILES string of the molecule is CCN(CC)CC1CCN(C(=NC)NCCc2ccc(F)cc2F)C1. The van der Waals surface area contributed by atoms with E-state index in [1.54, 1.807) is 7.05 Å². The quantitative estimate of drug-likeness (QED) is 0.605. The van der Waals surface area contributed by atoms with Gasteiger partial charge in [-0.3, -0.25) is 4.99 Å². The molecule has 6 heteroatoms. The molecule has 140 valence electrons. The fourth-order valence-corrected chi connectivity index (χ4v) is 3.39. The number of benzene rings is 1. The van der Waals surface area contributed by atoms with Crippen LogP contribution in [0.5, 0.6) is 0 Å². The second-order valence-electron chi connectivity index (χ2n) is 6.55. The van der Waals surface area contributed by atoms with Gasteiger partial charge in [0.15, 0.2) is 5.96 Å². The van der Waals surface area contributed by atoms with Crippen molar-refractivity contribution in [2.75, 3.05) is 46.3 Å². The number of aliphatic imine (C=N–C) groups is 1. The summed E-state index contributed by atoms with van der Waals surface area (Å²) in [5.41, 5.74) is 0.519. The first-order valence-corrected chi connectivity index (χ1v) is 9.19. The Balaban J connectivity index is 1.81. The van der Waals surface area contributed by atoms with E-state index in [1.807, 2.05) is 0 Å². The second-order valence-corrected chi connectivity index (χ2v) is 6.55. The zero-order valence-corrected chi connectivity index (χ0v) is 15.6. The predicted molar refractivity (Wildman–Crippen MR) is 98.9 cm³/mol. The maximum atomic E-state index is 13.7. The first-order valence-electron chi connectivity index (χ1n) is 9.19. The minimum absolute atomic E-state index is 0.489. The molecule has 0 spiro atoms. The minimum Gasteiger partial charge on any atom is -0.356 e. The lowest BCUT2D eigenvalue weighted by Crippen LogP contribution is -2.41. The number of hydrogen-bond acceptors (Lipinski definition) is 2. The standard InChI is InChI=1S/C19H30F2N4/c1-4-24(5-2)13-15-9-11-25(14-15)19(22-3)23-10-8-16-6-7-17(20)12-18(16)21/h6-7,12,15H,4-5,8-11,13-14H2,1-3H3,(H,22,23). The molecule has 1 saturated heterocycles. The average Bonchev–Trinajstić information content (AvgIpc) is 3.06. The summed E-state index contributed by atoms with van der Waals surface area (Å²) in [4.78, 5) is 9.09. The second kappa shape index (κ2) is 9.70. The summed E-state index contributed by atoms with van der Waals surface area (Å²) in [5, 5.41) is 3.31. The topological polar surface area (TPSA) is 30.9 Å². The number of nitrogens with one attached hydrogen (secondary N) is 1. The molecule has 1 heterocycles. The van der Waals surface area contributed by atoms with Crippen LogP contribution in [-0.4, -0.2) is 62.1 Å². The molecule has 0 saturated carbocycles. The minimum atomic E-state index is -0.540. The zero-order chi connectivity index (χ0) is 18.2. The highest BCUT2D eigenvalue weighted by molar-refractivity contribution is 5.80. The van der Waals surface area contributed by atoms with E-state index < -0.39 is 11.6 Å². The Morgan fingerprint density at radius 1 is 1.32 bits per heavy atom. The third kappa shape index (κ3) is 5.66. The van der Waals surface area contributed by atoms with Gasteiger partial charge < -0.3 is 15.1 Å². The van der Waals surface area contributed by atoms with Crippen LogP contribution in [0.15, 0.2) is 23.2 Å². The molecule has 1 aliphatic heterocycles. The van der Waals surface area contributed by atoms with Crippen molar-refractivity contribution in [3.8, 4) is 0 Å². The van der Waals surface area contributed by atoms with Gasteiger partial charge in [0.2, 0.25) is 0 Å². The number of nitrogens with zero attached hydrogens (tertiary/aromatic N) is 3. The normalized spacial score (nSPS) is 18.2. The van der Waals surface area contributed by atoms with Crippen LogP contribution in [0, 0.1) is 17.6 Å². The number of rotatable bonds is 7. The smallest absolute Gasteiger partial charge is 0.193 e. The highest BCUT2D eigenvalue weighted by Gasteiger charge is 2.25. The van der Waals surface area contributed by atoms with Crippen molar-refractivity contribution in [2.24, 2.45) is 10.9 Å². The molecular formula is C19H30F2N4.